The maximum absolute atomic E-state index is 13.5. The maximum atomic E-state index is 13.5. The third-order valence-electron chi connectivity index (χ3n) is 5.56. The molecule has 3 rings (SSSR count). The number of benzene rings is 2. The molecule has 0 fully saturated rings. The van der Waals surface area contributed by atoms with E-state index in [0.29, 0.717) is 23.6 Å². The molecule has 1 atom stereocenters. The van der Waals surface area contributed by atoms with Crippen molar-refractivity contribution in [1.29, 1.82) is 0 Å². The van der Waals surface area contributed by atoms with Crippen LogP contribution >= 0.6 is 0 Å². The molecule has 0 saturated carbocycles. The van der Waals surface area contributed by atoms with Crippen molar-refractivity contribution in [2.24, 2.45) is 0 Å². The van der Waals surface area contributed by atoms with E-state index < -0.39 is 11.9 Å². The number of hydroxylamine groups is 2. The Morgan fingerprint density at radius 2 is 1.92 bits per heavy atom. The first-order valence-corrected chi connectivity index (χ1v) is 11.6. The number of ether oxygens (including phenoxy) is 1. The predicted molar refractivity (Wildman–Crippen MR) is 141 cm³/mol. The number of hydrogen-bond donors (Lipinski definition) is 1. The Labute approximate surface area is 212 Å². The van der Waals surface area contributed by atoms with Gasteiger partial charge in [0.15, 0.2) is 0 Å². The molecule has 2 aromatic carbocycles. The lowest BCUT2D eigenvalue weighted by molar-refractivity contribution is -0.170. The van der Waals surface area contributed by atoms with Crippen molar-refractivity contribution in [2.45, 2.75) is 18.9 Å². The smallest absolute Gasteiger partial charge is 0.268 e. The second kappa shape index (κ2) is 13.0. The molecule has 0 aliphatic rings. The van der Waals surface area contributed by atoms with Gasteiger partial charge in [0.25, 0.3) is 11.8 Å². The topological polar surface area (TPSA) is 80.8 Å². The van der Waals surface area contributed by atoms with E-state index in [2.05, 4.69) is 23.5 Å². The molecule has 1 unspecified atom stereocenters. The highest BCUT2D eigenvalue weighted by atomic mass is 16.7. The van der Waals surface area contributed by atoms with Crippen molar-refractivity contribution < 1.29 is 19.2 Å². The molecule has 0 radical (unpaired) electrons. The summed E-state index contributed by atoms with van der Waals surface area (Å²) >= 11 is 0. The summed E-state index contributed by atoms with van der Waals surface area (Å²) in [5.74, 6) is -0.125. The second-order valence-electron chi connectivity index (χ2n) is 8.05. The van der Waals surface area contributed by atoms with Gasteiger partial charge in [-0.2, -0.15) is 0 Å². The van der Waals surface area contributed by atoms with Gasteiger partial charge in [-0.25, -0.2) is 5.06 Å². The third-order valence-corrected chi connectivity index (χ3v) is 5.56. The number of rotatable bonds is 12. The van der Waals surface area contributed by atoms with Crippen LogP contribution in [0.15, 0.2) is 86.1 Å². The van der Waals surface area contributed by atoms with Gasteiger partial charge in [-0.1, -0.05) is 55.1 Å². The number of amides is 2. The summed E-state index contributed by atoms with van der Waals surface area (Å²) in [6.07, 6.45) is 6.15. The zero-order valence-electron chi connectivity index (χ0n) is 20.6. The van der Waals surface area contributed by atoms with Crippen molar-refractivity contribution in [3.63, 3.8) is 0 Å². The molecule has 0 bridgehead atoms. The molecule has 186 valence electrons. The van der Waals surface area contributed by atoms with Gasteiger partial charge in [0, 0.05) is 25.2 Å². The third kappa shape index (κ3) is 6.90. The first kappa shape index (κ1) is 26.4. The van der Waals surface area contributed by atoms with Crippen LogP contribution in [0.3, 0.4) is 0 Å². The summed E-state index contributed by atoms with van der Waals surface area (Å²) in [7, 11) is 2.91. The number of carbonyl (C=O) groups excluding carboxylic acids is 2. The lowest BCUT2D eigenvalue weighted by Gasteiger charge is -2.23. The zero-order valence-corrected chi connectivity index (χ0v) is 20.6. The lowest BCUT2D eigenvalue weighted by Crippen LogP contribution is -2.48. The van der Waals surface area contributed by atoms with Crippen molar-refractivity contribution >= 4 is 17.9 Å². The van der Waals surface area contributed by atoms with Crippen molar-refractivity contribution in [3.05, 3.63) is 103 Å². The normalized spacial score (nSPS) is 11.3. The number of nitrogens with zero attached hydrogens (tertiary/aromatic N) is 2. The molecule has 0 saturated heterocycles. The SMILES string of the molecule is C=CCCOc1cccc(-c2ncccc2C(=O)NC(Cc2cccc(C=C)c2)C(=O)N(C)OC)c1. The molecular formula is C29H31N3O4. The fourth-order valence-electron chi connectivity index (χ4n) is 3.64. The van der Waals surface area contributed by atoms with Crippen molar-refractivity contribution in [2.75, 3.05) is 20.8 Å². The number of pyridine rings is 1. The second-order valence-corrected chi connectivity index (χ2v) is 8.05. The van der Waals surface area contributed by atoms with Gasteiger partial charge in [0.2, 0.25) is 0 Å². The van der Waals surface area contributed by atoms with E-state index in [0.717, 1.165) is 28.2 Å². The quantitative estimate of drug-likeness (QED) is 0.228. The Hall–Kier alpha value is -4.23. The molecule has 3 aromatic rings. The standard InChI is InChI=1S/C29H31N3O4/c1-5-7-17-36-24-14-9-13-23(20-24)27-25(15-10-16-30-27)28(33)31-26(29(34)32(3)35-4)19-22-12-8-11-21(6-2)18-22/h5-6,8-16,18,20,26H,1-2,7,17,19H2,3-4H3,(H,31,33). The van der Waals surface area contributed by atoms with Gasteiger partial charge in [0.05, 0.1) is 25.0 Å². The summed E-state index contributed by atoms with van der Waals surface area (Å²) in [6.45, 7) is 8.00. The Morgan fingerprint density at radius 1 is 1.11 bits per heavy atom. The minimum atomic E-state index is -0.857. The largest absolute Gasteiger partial charge is 0.493 e. The molecule has 1 N–H and O–H groups in total. The summed E-state index contributed by atoms with van der Waals surface area (Å²) in [5, 5.41) is 3.99. The Kier molecular flexibility index (Phi) is 9.54. The fraction of sp³-hybridized carbons (Fsp3) is 0.207. The van der Waals surface area contributed by atoms with Crippen LogP contribution in [0.4, 0.5) is 0 Å². The van der Waals surface area contributed by atoms with Crippen molar-refractivity contribution in [1.82, 2.24) is 15.4 Å². The van der Waals surface area contributed by atoms with E-state index in [1.807, 2.05) is 48.5 Å². The molecule has 0 aliphatic carbocycles. The van der Waals surface area contributed by atoms with E-state index >= 15 is 0 Å². The van der Waals surface area contributed by atoms with Crippen LogP contribution in [0.2, 0.25) is 0 Å². The Morgan fingerprint density at radius 3 is 2.67 bits per heavy atom. The van der Waals surface area contributed by atoms with Gasteiger partial charge in [-0.05, 0) is 41.8 Å². The molecule has 0 aliphatic heterocycles. The molecule has 36 heavy (non-hydrogen) atoms. The highest BCUT2D eigenvalue weighted by molar-refractivity contribution is 6.02. The lowest BCUT2D eigenvalue weighted by atomic mass is 10.0. The highest BCUT2D eigenvalue weighted by Crippen LogP contribution is 2.25. The van der Waals surface area contributed by atoms with Crippen LogP contribution in [0.5, 0.6) is 5.75 Å². The van der Waals surface area contributed by atoms with Gasteiger partial charge < -0.3 is 10.1 Å². The van der Waals surface area contributed by atoms with Crippen LogP contribution in [-0.2, 0) is 16.1 Å². The minimum absolute atomic E-state index is 0.280. The first-order chi connectivity index (χ1) is 17.5. The monoisotopic (exact) mass is 485 g/mol. The fourth-order valence-corrected chi connectivity index (χ4v) is 3.64. The van der Waals surface area contributed by atoms with Crippen LogP contribution in [0.25, 0.3) is 17.3 Å². The molecule has 0 spiro atoms. The number of aromatic nitrogens is 1. The summed E-state index contributed by atoms with van der Waals surface area (Å²) < 4.78 is 5.76. The van der Waals surface area contributed by atoms with Crippen LogP contribution in [0, 0.1) is 0 Å². The molecular weight excluding hydrogens is 454 g/mol. The van der Waals surface area contributed by atoms with Crippen molar-refractivity contribution in [3.8, 4) is 17.0 Å². The zero-order chi connectivity index (χ0) is 25.9. The van der Waals surface area contributed by atoms with Crippen LogP contribution in [-0.4, -0.2) is 48.7 Å². The molecule has 1 heterocycles. The molecule has 1 aromatic heterocycles. The van der Waals surface area contributed by atoms with E-state index in [4.69, 9.17) is 9.57 Å². The van der Waals surface area contributed by atoms with E-state index in [1.54, 1.807) is 30.5 Å². The Balaban J connectivity index is 1.88. The van der Waals surface area contributed by atoms with Gasteiger partial charge in [-0.3, -0.25) is 19.4 Å². The maximum Gasteiger partial charge on any atom is 0.268 e. The molecule has 2 amide bonds. The molecule has 7 nitrogen and oxygen atoms in total. The number of carbonyl (C=O) groups is 2. The van der Waals surface area contributed by atoms with E-state index in [1.165, 1.54) is 14.2 Å². The van der Waals surface area contributed by atoms with Gasteiger partial charge >= 0.3 is 0 Å². The molecule has 7 heteroatoms. The predicted octanol–water partition coefficient (Wildman–Crippen LogP) is 4.71. The van der Waals surface area contributed by atoms with E-state index in [-0.39, 0.29) is 12.3 Å². The summed E-state index contributed by atoms with van der Waals surface area (Å²) in [4.78, 5) is 36.1. The van der Waals surface area contributed by atoms with E-state index in [9.17, 15) is 9.59 Å². The highest BCUT2D eigenvalue weighted by Gasteiger charge is 2.26. The Bertz CT molecular complexity index is 1220. The van der Waals surface area contributed by atoms with Gasteiger partial charge in [0.1, 0.15) is 11.8 Å². The number of likely N-dealkylation sites (N-methyl/N-ethyl adjacent to an activating group) is 1. The van der Waals surface area contributed by atoms with Crippen LogP contribution < -0.4 is 10.1 Å². The average Bonchev–Trinajstić information content (AvgIpc) is 2.92. The number of nitrogens with one attached hydrogen (secondary N) is 1. The minimum Gasteiger partial charge on any atom is -0.493 e. The van der Waals surface area contributed by atoms with Crippen LogP contribution in [0.1, 0.15) is 27.9 Å². The first-order valence-electron chi connectivity index (χ1n) is 11.6. The average molecular weight is 486 g/mol. The summed E-state index contributed by atoms with van der Waals surface area (Å²) in [6, 6.07) is 17.6. The van der Waals surface area contributed by atoms with Gasteiger partial charge in [-0.15, -0.1) is 6.58 Å². The summed E-state index contributed by atoms with van der Waals surface area (Å²) in [5.41, 5.74) is 3.37. The number of hydrogen-bond acceptors (Lipinski definition) is 5.